The minimum absolute atomic E-state index is 0.0151. The molecule has 0 bridgehead atoms. The maximum atomic E-state index is 13.6. The highest BCUT2D eigenvalue weighted by Crippen LogP contribution is 2.42. The standard InChI is InChI=1S/C27H27N3O8/c1-2-27(35)17-6-19-22-15(9-30(19)25(33)16(17)10-36-26(27)34)14(8-28-24(32)23(31)12-3-4-12)13-5-20-21(38-11-37-20)7-18(13)29-22/h5-7,12-13,18,23,31,35H,2-4,8-11H2,1H3,(H,28,32)/t13?,18?,23?,27-/m0/s1/i11D2. The lowest BCUT2D eigenvalue weighted by Gasteiger charge is -2.32. The highest BCUT2D eigenvalue weighted by atomic mass is 16.7. The average molecular weight is 524 g/mol. The van der Waals surface area contributed by atoms with Crippen LogP contribution in [0, 0.1) is 11.8 Å². The van der Waals surface area contributed by atoms with Crippen LogP contribution in [0.5, 0.6) is 0 Å². The molecule has 0 spiro atoms. The largest absolute Gasteiger partial charge is 0.458 e. The van der Waals surface area contributed by atoms with E-state index in [0.29, 0.717) is 17.0 Å². The predicted octanol–water partition coefficient (Wildman–Crippen LogP) is 0.273. The summed E-state index contributed by atoms with van der Waals surface area (Å²) in [6, 6.07) is 1.05. The molecule has 4 aliphatic heterocycles. The number of dihydropyridines is 1. The van der Waals surface area contributed by atoms with Gasteiger partial charge in [-0.3, -0.25) is 14.6 Å². The number of carbonyl (C=O) groups is 2. The number of hydrogen-bond acceptors (Lipinski definition) is 9. The predicted molar refractivity (Wildman–Crippen MR) is 130 cm³/mol. The average Bonchev–Trinajstić information content (AvgIpc) is 3.63. The molecule has 11 heteroatoms. The monoisotopic (exact) mass is 523 g/mol. The van der Waals surface area contributed by atoms with E-state index in [1.807, 2.05) is 0 Å². The summed E-state index contributed by atoms with van der Waals surface area (Å²) >= 11 is 0. The Balaban J connectivity index is 1.34. The third-order valence-electron chi connectivity index (χ3n) is 8.31. The molecule has 1 aromatic heterocycles. The summed E-state index contributed by atoms with van der Waals surface area (Å²) in [4.78, 5) is 43.7. The first-order chi connectivity index (χ1) is 19.0. The number of aliphatic hydroxyl groups is 2. The van der Waals surface area contributed by atoms with Gasteiger partial charge in [0.15, 0.2) is 17.1 Å². The van der Waals surface area contributed by atoms with Crippen LogP contribution in [0.1, 0.15) is 45.7 Å². The van der Waals surface area contributed by atoms with Gasteiger partial charge in [-0.1, -0.05) is 6.92 Å². The molecule has 6 aliphatic rings. The fourth-order valence-electron chi connectivity index (χ4n) is 5.91. The Bertz CT molecular complexity index is 1570. The van der Waals surface area contributed by atoms with Gasteiger partial charge in [0.2, 0.25) is 12.7 Å². The highest BCUT2D eigenvalue weighted by molar-refractivity contribution is 6.15. The van der Waals surface area contributed by atoms with E-state index in [-0.39, 0.29) is 54.7 Å². The van der Waals surface area contributed by atoms with Crippen molar-refractivity contribution >= 4 is 17.6 Å². The molecule has 5 heterocycles. The molecular formula is C27H27N3O8. The van der Waals surface area contributed by atoms with E-state index in [2.05, 4.69) is 5.32 Å². The number of aromatic nitrogens is 1. The van der Waals surface area contributed by atoms with Crippen molar-refractivity contribution in [2.45, 2.75) is 57.1 Å². The summed E-state index contributed by atoms with van der Waals surface area (Å²) in [6.45, 7) is -0.754. The van der Waals surface area contributed by atoms with Crippen LogP contribution in [0.4, 0.5) is 0 Å². The van der Waals surface area contributed by atoms with E-state index in [4.69, 9.17) is 21.9 Å². The van der Waals surface area contributed by atoms with Crippen molar-refractivity contribution < 1.29 is 36.8 Å². The van der Waals surface area contributed by atoms with E-state index in [0.717, 1.165) is 18.4 Å². The number of cyclic esters (lactones) is 1. The van der Waals surface area contributed by atoms with Crippen LogP contribution >= 0.6 is 0 Å². The quantitative estimate of drug-likeness (QED) is 0.466. The number of ether oxygens (including phenoxy) is 3. The topological polar surface area (TPSA) is 149 Å². The summed E-state index contributed by atoms with van der Waals surface area (Å²) in [5.74, 6) is -1.36. The lowest BCUT2D eigenvalue weighted by atomic mass is 9.80. The summed E-state index contributed by atoms with van der Waals surface area (Å²) in [7, 11) is 0. The third kappa shape index (κ3) is 3.27. The Morgan fingerprint density at radius 3 is 2.79 bits per heavy atom. The van der Waals surface area contributed by atoms with Crippen LogP contribution in [0.3, 0.4) is 0 Å². The Labute approximate surface area is 219 Å². The fraction of sp³-hybridized carbons (Fsp3) is 0.481. The van der Waals surface area contributed by atoms with Gasteiger partial charge >= 0.3 is 5.97 Å². The highest BCUT2D eigenvalue weighted by Gasteiger charge is 2.47. The smallest absolute Gasteiger partial charge is 0.343 e. The van der Waals surface area contributed by atoms with Crippen LogP contribution in [-0.2, 0) is 42.6 Å². The minimum Gasteiger partial charge on any atom is -0.458 e. The van der Waals surface area contributed by atoms with Crippen LogP contribution in [0.15, 0.2) is 50.7 Å². The van der Waals surface area contributed by atoms with Crippen molar-refractivity contribution in [3.63, 3.8) is 0 Å². The number of fused-ring (bicyclic) bond motifs is 6. The lowest BCUT2D eigenvalue weighted by molar-refractivity contribution is -0.172. The first-order valence-electron chi connectivity index (χ1n) is 13.8. The number of amides is 1. The second-order valence-corrected chi connectivity index (χ2v) is 10.5. The maximum Gasteiger partial charge on any atom is 0.343 e. The number of aliphatic imine (C=N–C) groups is 1. The zero-order valence-electron chi connectivity index (χ0n) is 22.5. The number of allylic oxidation sites excluding steroid dienone is 1. The minimum atomic E-state index is -2.33. The fourth-order valence-corrected chi connectivity index (χ4v) is 5.91. The molecular weight excluding hydrogens is 494 g/mol. The van der Waals surface area contributed by atoms with Crippen LogP contribution in [0.25, 0.3) is 0 Å². The Morgan fingerprint density at radius 2 is 2.05 bits per heavy atom. The maximum absolute atomic E-state index is 13.6. The number of pyridine rings is 1. The molecule has 1 saturated heterocycles. The molecule has 3 unspecified atom stereocenters. The number of nitrogens with zero attached hydrogens (tertiary/aromatic N) is 2. The number of esters is 1. The molecule has 1 saturated carbocycles. The van der Waals surface area contributed by atoms with Gasteiger partial charge in [0.1, 0.15) is 15.5 Å². The lowest BCUT2D eigenvalue weighted by Crippen LogP contribution is -2.44. The summed E-state index contributed by atoms with van der Waals surface area (Å²) in [6.07, 6.45) is 3.85. The molecule has 2 fully saturated rings. The van der Waals surface area contributed by atoms with E-state index in [1.54, 1.807) is 25.1 Å². The van der Waals surface area contributed by atoms with Crippen LogP contribution < -0.4 is 10.9 Å². The van der Waals surface area contributed by atoms with E-state index >= 15 is 0 Å². The van der Waals surface area contributed by atoms with E-state index in [9.17, 15) is 24.6 Å². The molecule has 7 rings (SSSR count). The molecule has 38 heavy (non-hydrogen) atoms. The van der Waals surface area contributed by atoms with Gasteiger partial charge in [-0.25, -0.2) is 4.79 Å². The van der Waals surface area contributed by atoms with Gasteiger partial charge in [0.05, 0.1) is 29.6 Å². The van der Waals surface area contributed by atoms with E-state index in [1.165, 1.54) is 4.57 Å². The van der Waals surface area contributed by atoms with Crippen molar-refractivity contribution in [3.8, 4) is 0 Å². The van der Waals surface area contributed by atoms with Crippen molar-refractivity contribution in [2.75, 3.05) is 13.3 Å². The van der Waals surface area contributed by atoms with Gasteiger partial charge in [0.25, 0.3) is 5.56 Å². The molecule has 1 amide bonds. The molecule has 11 nitrogen and oxygen atoms in total. The summed E-state index contributed by atoms with van der Waals surface area (Å²) in [5, 5.41) is 24.3. The zero-order valence-corrected chi connectivity index (χ0v) is 20.5. The van der Waals surface area contributed by atoms with Crippen molar-refractivity contribution in [2.24, 2.45) is 16.8 Å². The number of hydrogen-bond donors (Lipinski definition) is 3. The van der Waals surface area contributed by atoms with E-state index < -0.39 is 47.8 Å². The molecule has 198 valence electrons. The summed E-state index contributed by atoms with van der Waals surface area (Å²) in [5.41, 5.74) is 0.340. The third-order valence-corrected chi connectivity index (χ3v) is 8.31. The zero-order chi connectivity index (χ0) is 28.1. The first-order valence-corrected chi connectivity index (χ1v) is 12.8. The number of nitrogens with one attached hydrogen (secondary N) is 1. The Morgan fingerprint density at radius 1 is 1.29 bits per heavy atom. The van der Waals surface area contributed by atoms with Gasteiger partial charge < -0.3 is 34.3 Å². The normalized spacial score (nSPS) is 31.3. The van der Waals surface area contributed by atoms with Crippen molar-refractivity contribution in [1.82, 2.24) is 9.88 Å². The Hall–Kier alpha value is -3.70. The van der Waals surface area contributed by atoms with Gasteiger partial charge in [0, 0.05) is 23.6 Å². The number of carbonyl (C=O) groups excluding carboxylic acids is 2. The van der Waals surface area contributed by atoms with Crippen LogP contribution in [0.2, 0.25) is 0 Å². The molecule has 0 radical (unpaired) electrons. The van der Waals surface area contributed by atoms with Gasteiger partial charge in [-0.2, -0.15) is 0 Å². The number of aliphatic hydroxyl groups excluding tert-OH is 1. The SMILES string of the molecule is [2H]C1([2H])OC2=CC3N=C4C(=C(CNC(=O)C(O)C5CC5)C3C=C2O1)Cn1c4cc2c(c1=O)COC(=O)[C@]2(O)CC. The number of rotatable bonds is 5. The Kier molecular flexibility index (Phi) is 4.56. The van der Waals surface area contributed by atoms with Crippen molar-refractivity contribution in [1.29, 1.82) is 0 Å². The molecule has 4 atom stereocenters. The summed E-state index contributed by atoms with van der Waals surface area (Å²) < 4.78 is 33.0. The van der Waals surface area contributed by atoms with Crippen molar-refractivity contribution in [3.05, 3.63) is 68.1 Å². The first kappa shape index (κ1) is 21.3. The molecule has 3 N–H and O–H groups in total. The molecule has 1 aromatic rings. The van der Waals surface area contributed by atoms with Gasteiger partial charge in [-0.15, -0.1) is 0 Å². The second-order valence-electron chi connectivity index (χ2n) is 10.5. The molecule has 0 aromatic carbocycles. The van der Waals surface area contributed by atoms with Gasteiger partial charge in [-0.05, 0) is 49.0 Å². The van der Waals surface area contributed by atoms with Crippen LogP contribution in [-0.4, -0.2) is 57.8 Å². The molecule has 2 aliphatic carbocycles. The second kappa shape index (κ2) is 8.15.